The quantitative estimate of drug-likeness (QED) is 0.365. The summed E-state index contributed by atoms with van der Waals surface area (Å²) in [5.74, 6) is -0.708. The molecule has 144 valence electrons. The van der Waals surface area contributed by atoms with E-state index in [-0.39, 0.29) is 34.8 Å². The molecule has 1 rings (SSSR count). The molecule has 1 aromatic carbocycles. The van der Waals surface area contributed by atoms with Gasteiger partial charge in [-0.2, -0.15) is 0 Å². The fourth-order valence-corrected chi connectivity index (χ4v) is 2.81. The lowest BCUT2D eigenvalue weighted by molar-refractivity contribution is 0.504. The van der Waals surface area contributed by atoms with Gasteiger partial charge in [-0.3, -0.25) is 9.20 Å². The van der Waals surface area contributed by atoms with Crippen LogP contribution in [0.1, 0.15) is 46.2 Å². The fourth-order valence-electron chi connectivity index (χ4n) is 1.94. The number of halogens is 3. The molecule has 0 radical (unpaired) electrons. The van der Waals surface area contributed by atoms with Crippen LogP contribution in [0.15, 0.2) is 23.2 Å². The van der Waals surface area contributed by atoms with Crippen molar-refractivity contribution in [2.24, 2.45) is 4.99 Å². The van der Waals surface area contributed by atoms with E-state index in [0.717, 1.165) is 6.07 Å². The summed E-state index contributed by atoms with van der Waals surface area (Å²) in [6.45, 7) is 10.7. The van der Waals surface area contributed by atoms with E-state index in [1.54, 1.807) is 0 Å². The minimum Gasteiger partial charge on any atom is -0.357 e. The Balaban J connectivity index is 0.00000576. The van der Waals surface area contributed by atoms with E-state index in [0.29, 0.717) is 30.4 Å². The minimum absolute atomic E-state index is 0. The highest BCUT2D eigenvalue weighted by Gasteiger charge is 2.18. The van der Waals surface area contributed by atoms with Crippen LogP contribution in [0.3, 0.4) is 0 Å². The first-order chi connectivity index (χ1) is 11.1. The van der Waals surface area contributed by atoms with Crippen LogP contribution >= 0.6 is 24.0 Å². The van der Waals surface area contributed by atoms with Crippen molar-refractivity contribution in [3.8, 4) is 0 Å². The van der Waals surface area contributed by atoms with E-state index in [4.69, 9.17) is 0 Å². The van der Waals surface area contributed by atoms with Gasteiger partial charge in [0, 0.05) is 27.8 Å². The van der Waals surface area contributed by atoms with E-state index >= 15 is 0 Å². The van der Waals surface area contributed by atoms with E-state index in [1.807, 2.05) is 34.6 Å². The molecule has 25 heavy (non-hydrogen) atoms. The van der Waals surface area contributed by atoms with Crippen molar-refractivity contribution in [1.29, 1.82) is 0 Å². The van der Waals surface area contributed by atoms with Gasteiger partial charge >= 0.3 is 0 Å². The Morgan fingerprint density at radius 3 is 2.44 bits per heavy atom. The van der Waals surface area contributed by atoms with Crippen molar-refractivity contribution in [2.45, 2.75) is 45.4 Å². The maximum atomic E-state index is 13.3. The summed E-state index contributed by atoms with van der Waals surface area (Å²) in [7, 11) is -0.966. The zero-order valence-electron chi connectivity index (χ0n) is 15.4. The number of hydrogen-bond donors (Lipinski definition) is 2. The largest absolute Gasteiger partial charge is 0.357 e. The molecule has 0 amide bonds. The smallest absolute Gasteiger partial charge is 0.191 e. The first kappa shape index (κ1) is 24.2. The summed E-state index contributed by atoms with van der Waals surface area (Å²) in [6.07, 6.45) is 0. The third kappa shape index (κ3) is 8.44. The standard InChI is InChI=1S/C17H27F2N3OS.HI/c1-6-20-16(21-9-10-24(23)17(3,4)5)22-12(2)13-7-8-14(18)15(19)11-13;/h7-8,11-12H,6,9-10H2,1-5H3,(H2,20,21,22);1H. The maximum Gasteiger partial charge on any atom is 0.191 e. The van der Waals surface area contributed by atoms with Crippen molar-refractivity contribution in [3.05, 3.63) is 35.4 Å². The maximum absolute atomic E-state index is 13.3. The zero-order valence-corrected chi connectivity index (χ0v) is 18.5. The highest BCUT2D eigenvalue weighted by Crippen LogP contribution is 2.16. The van der Waals surface area contributed by atoms with Crippen LogP contribution in [-0.2, 0) is 10.8 Å². The van der Waals surface area contributed by atoms with Crippen molar-refractivity contribution in [1.82, 2.24) is 10.6 Å². The van der Waals surface area contributed by atoms with Gasteiger partial charge in [-0.15, -0.1) is 24.0 Å². The molecule has 0 fully saturated rings. The molecule has 0 aliphatic rings. The number of guanidine groups is 1. The van der Waals surface area contributed by atoms with Gasteiger partial charge in [0.25, 0.3) is 0 Å². The van der Waals surface area contributed by atoms with Crippen molar-refractivity contribution < 1.29 is 13.0 Å². The van der Waals surface area contributed by atoms with Gasteiger partial charge in [-0.25, -0.2) is 8.78 Å². The number of benzene rings is 1. The molecule has 2 N–H and O–H groups in total. The van der Waals surface area contributed by atoms with Gasteiger partial charge in [0.2, 0.25) is 0 Å². The summed E-state index contributed by atoms with van der Waals surface area (Å²) in [6, 6.07) is 3.57. The van der Waals surface area contributed by atoms with Crippen molar-refractivity contribution >= 4 is 40.7 Å². The lowest BCUT2D eigenvalue weighted by atomic mass is 10.1. The molecule has 0 heterocycles. The van der Waals surface area contributed by atoms with Gasteiger partial charge < -0.3 is 10.6 Å². The summed E-state index contributed by atoms with van der Waals surface area (Å²) < 4.78 is 38.1. The second-order valence-electron chi connectivity index (χ2n) is 6.46. The number of aliphatic imine (C=N–C) groups is 1. The summed E-state index contributed by atoms with van der Waals surface area (Å²) in [4.78, 5) is 4.41. The first-order valence-electron chi connectivity index (χ1n) is 8.03. The second-order valence-corrected chi connectivity index (χ2v) is 8.79. The summed E-state index contributed by atoms with van der Waals surface area (Å²) in [5.41, 5.74) is 0.623. The van der Waals surface area contributed by atoms with Gasteiger partial charge in [0.1, 0.15) is 0 Å². The Bertz CT molecular complexity index is 606. The molecule has 2 unspecified atom stereocenters. The molecule has 0 aliphatic carbocycles. The normalized spacial score (nSPS) is 14.4. The minimum atomic E-state index is -0.966. The van der Waals surface area contributed by atoms with Crippen LogP contribution < -0.4 is 10.6 Å². The molecule has 4 nitrogen and oxygen atoms in total. The Morgan fingerprint density at radius 1 is 1.28 bits per heavy atom. The van der Waals surface area contributed by atoms with Gasteiger partial charge in [0.15, 0.2) is 17.6 Å². The number of nitrogens with one attached hydrogen (secondary N) is 2. The monoisotopic (exact) mass is 487 g/mol. The molecule has 0 spiro atoms. The van der Waals surface area contributed by atoms with Crippen LogP contribution in [0.25, 0.3) is 0 Å². The second kappa shape index (κ2) is 11.1. The lowest BCUT2D eigenvalue weighted by Gasteiger charge is -2.19. The topological polar surface area (TPSA) is 53.5 Å². The van der Waals surface area contributed by atoms with Crippen LogP contribution in [-0.4, -0.2) is 33.8 Å². The number of nitrogens with zero attached hydrogens (tertiary/aromatic N) is 1. The summed E-state index contributed by atoms with van der Waals surface area (Å²) in [5, 5.41) is 6.24. The molecule has 8 heteroatoms. The number of hydrogen-bond acceptors (Lipinski definition) is 2. The highest BCUT2D eigenvalue weighted by molar-refractivity contribution is 14.0. The Labute approximate surface area is 168 Å². The van der Waals surface area contributed by atoms with Gasteiger partial charge in [0.05, 0.1) is 12.6 Å². The SMILES string of the molecule is CCNC(=NCCS(=O)C(C)(C)C)NC(C)c1ccc(F)c(F)c1.I. The molecule has 0 aliphatic heterocycles. The van der Waals surface area contributed by atoms with Gasteiger partial charge in [-0.05, 0) is 52.3 Å². The molecule has 0 aromatic heterocycles. The van der Waals surface area contributed by atoms with Crippen LogP contribution in [0.5, 0.6) is 0 Å². The molecule has 1 aromatic rings. The third-order valence-corrected chi connectivity index (χ3v) is 5.29. The predicted octanol–water partition coefficient (Wildman–Crippen LogP) is 3.75. The van der Waals surface area contributed by atoms with Crippen LogP contribution in [0, 0.1) is 11.6 Å². The van der Waals surface area contributed by atoms with E-state index in [9.17, 15) is 13.0 Å². The van der Waals surface area contributed by atoms with Crippen LogP contribution in [0.2, 0.25) is 0 Å². The molecule has 0 saturated heterocycles. The predicted molar refractivity (Wildman–Crippen MR) is 112 cm³/mol. The molecular weight excluding hydrogens is 459 g/mol. The average Bonchev–Trinajstić information content (AvgIpc) is 2.49. The van der Waals surface area contributed by atoms with Crippen molar-refractivity contribution in [3.63, 3.8) is 0 Å². The van der Waals surface area contributed by atoms with Crippen molar-refractivity contribution in [2.75, 3.05) is 18.8 Å². The highest BCUT2D eigenvalue weighted by atomic mass is 127. The Morgan fingerprint density at radius 2 is 1.92 bits per heavy atom. The average molecular weight is 487 g/mol. The molecule has 2 atom stereocenters. The fraction of sp³-hybridized carbons (Fsp3) is 0.588. The zero-order chi connectivity index (χ0) is 18.3. The number of rotatable bonds is 6. The third-order valence-electron chi connectivity index (χ3n) is 3.37. The Hall–Kier alpha value is -0.770. The summed E-state index contributed by atoms with van der Waals surface area (Å²) >= 11 is 0. The van der Waals surface area contributed by atoms with E-state index in [2.05, 4.69) is 15.6 Å². The lowest BCUT2D eigenvalue weighted by Crippen LogP contribution is -2.39. The van der Waals surface area contributed by atoms with E-state index < -0.39 is 22.4 Å². The molecular formula is C17H28F2IN3OS. The molecule has 0 saturated carbocycles. The molecule has 0 bridgehead atoms. The van der Waals surface area contributed by atoms with Gasteiger partial charge in [-0.1, -0.05) is 6.07 Å². The Kier molecular flexibility index (Phi) is 10.7. The van der Waals surface area contributed by atoms with E-state index in [1.165, 1.54) is 12.1 Å². The van der Waals surface area contributed by atoms with Crippen LogP contribution in [0.4, 0.5) is 8.78 Å². The first-order valence-corrected chi connectivity index (χ1v) is 9.35.